The van der Waals surface area contributed by atoms with Crippen LogP contribution in [0.5, 0.6) is 0 Å². The van der Waals surface area contributed by atoms with Gasteiger partial charge in [0.25, 0.3) is 0 Å². The fourth-order valence-corrected chi connectivity index (χ4v) is 4.35. The summed E-state index contributed by atoms with van der Waals surface area (Å²) < 4.78 is 15.8. The van der Waals surface area contributed by atoms with E-state index in [0.29, 0.717) is 22.0 Å². The molecule has 8 heteroatoms. The lowest BCUT2D eigenvalue weighted by molar-refractivity contribution is 0.0690. The van der Waals surface area contributed by atoms with Crippen molar-refractivity contribution in [3.63, 3.8) is 0 Å². The van der Waals surface area contributed by atoms with E-state index in [0.717, 1.165) is 15.4 Å². The summed E-state index contributed by atoms with van der Waals surface area (Å²) in [5, 5.41) is 24.6. The van der Waals surface area contributed by atoms with E-state index in [1.165, 1.54) is 23.5 Å². The van der Waals surface area contributed by atoms with Gasteiger partial charge in [-0.05, 0) is 61.9 Å². The summed E-state index contributed by atoms with van der Waals surface area (Å²) in [6.45, 7) is 3.31. The number of hydrogen-bond acceptors (Lipinski definition) is 4. The predicted octanol–water partition coefficient (Wildman–Crippen LogP) is 5.99. The number of halogens is 2. The maximum absolute atomic E-state index is 14.1. The first-order valence-corrected chi connectivity index (χ1v) is 10.6. The van der Waals surface area contributed by atoms with E-state index in [1.54, 1.807) is 36.7 Å². The number of carboxylic acid groups (broad SMARTS) is 1. The van der Waals surface area contributed by atoms with Crippen LogP contribution in [-0.2, 0) is 5.60 Å². The van der Waals surface area contributed by atoms with E-state index in [9.17, 15) is 14.3 Å². The van der Waals surface area contributed by atoms with E-state index in [1.807, 2.05) is 30.3 Å². The first-order valence-electron chi connectivity index (χ1n) is 9.36. The fourth-order valence-electron chi connectivity index (χ4n) is 3.14. The van der Waals surface area contributed by atoms with Gasteiger partial charge in [-0.25, -0.2) is 13.9 Å². The third-order valence-electron chi connectivity index (χ3n) is 4.76. The number of carbonyl (C=O) groups is 1. The number of nitrogens with zero attached hydrogens (tertiary/aromatic N) is 2. The molecule has 0 saturated carbocycles. The van der Waals surface area contributed by atoms with E-state index < -0.39 is 17.4 Å². The zero-order chi connectivity index (χ0) is 22.3. The molecule has 0 unspecified atom stereocenters. The Labute approximate surface area is 187 Å². The number of para-hydroxylation sites is 1. The second kappa shape index (κ2) is 7.92. The largest absolute Gasteiger partial charge is 0.478 e. The topological polar surface area (TPSA) is 75.3 Å². The van der Waals surface area contributed by atoms with Gasteiger partial charge in [-0.1, -0.05) is 29.8 Å². The van der Waals surface area contributed by atoms with Crippen molar-refractivity contribution < 1.29 is 19.4 Å². The SMILES string of the molecule is CC(C)(O)c1cc(-c2ccc(-c3ccc(C(=O)O)c(F)c3)s2)n(-c2ccccc2Cl)n1. The van der Waals surface area contributed by atoms with Crippen molar-refractivity contribution in [1.82, 2.24) is 9.78 Å². The van der Waals surface area contributed by atoms with Gasteiger partial charge in [0.15, 0.2) is 0 Å². The van der Waals surface area contributed by atoms with Gasteiger partial charge in [-0.2, -0.15) is 5.10 Å². The molecule has 31 heavy (non-hydrogen) atoms. The second-order valence-electron chi connectivity index (χ2n) is 7.50. The lowest BCUT2D eigenvalue weighted by Crippen LogP contribution is -2.16. The van der Waals surface area contributed by atoms with Crippen molar-refractivity contribution in [3.8, 4) is 26.7 Å². The summed E-state index contributed by atoms with van der Waals surface area (Å²) in [5.74, 6) is -2.09. The highest BCUT2D eigenvalue weighted by molar-refractivity contribution is 7.18. The number of hydrogen-bond donors (Lipinski definition) is 2. The van der Waals surface area contributed by atoms with Crippen LogP contribution >= 0.6 is 22.9 Å². The minimum Gasteiger partial charge on any atom is -0.478 e. The van der Waals surface area contributed by atoms with Crippen LogP contribution in [-0.4, -0.2) is 26.0 Å². The lowest BCUT2D eigenvalue weighted by atomic mass is 10.1. The zero-order valence-corrected chi connectivity index (χ0v) is 18.2. The number of aliphatic hydroxyl groups is 1. The van der Waals surface area contributed by atoms with Crippen molar-refractivity contribution in [2.75, 3.05) is 0 Å². The number of aromatic carboxylic acids is 1. The predicted molar refractivity (Wildman–Crippen MR) is 119 cm³/mol. The van der Waals surface area contributed by atoms with Crippen molar-refractivity contribution in [2.45, 2.75) is 19.4 Å². The smallest absolute Gasteiger partial charge is 0.338 e. The monoisotopic (exact) mass is 456 g/mol. The van der Waals surface area contributed by atoms with Gasteiger partial charge in [0, 0.05) is 4.88 Å². The van der Waals surface area contributed by atoms with Crippen molar-refractivity contribution in [3.05, 3.63) is 82.8 Å². The van der Waals surface area contributed by atoms with Crippen LogP contribution < -0.4 is 0 Å². The molecule has 0 spiro atoms. The molecule has 0 aliphatic carbocycles. The summed E-state index contributed by atoms with van der Waals surface area (Å²) in [6.07, 6.45) is 0. The number of aromatic nitrogens is 2. The average molecular weight is 457 g/mol. The van der Waals surface area contributed by atoms with Crippen LogP contribution in [0.3, 0.4) is 0 Å². The van der Waals surface area contributed by atoms with Gasteiger partial charge in [0.05, 0.1) is 32.5 Å². The highest BCUT2D eigenvalue weighted by Gasteiger charge is 2.24. The van der Waals surface area contributed by atoms with Crippen LogP contribution in [0.15, 0.2) is 60.7 Å². The van der Waals surface area contributed by atoms with E-state index in [2.05, 4.69) is 5.10 Å². The average Bonchev–Trinajstić information content (AvgIpc) is 3.35. The third kappa shape index (κ3) is 4.12. The summed E-state index contributed by atoms with van der Waals surface area (Å²) in [7, 11) is 0. The fraction of sp³-hybridized carbons (Fsp3) is 0.130. The summed E-state index contributed by atoms with van der Waals surface area (Å²) in [4.78, 5) is 12.7. The summed E-state index contributed by atoms with van der Waals surface area (Å²) in [5.41, 5.74) is 0.925. The Morgan fingerprint density at radius 2 is 1.81 bits per heavy atom. The highest BCUT2D eigenvalue weighted by Crippen LogP contribution is 2.38. The molecule has 0 atom stereocenters. The van der Waals surface area contributed by atoms with Crippen LogP contribution in [0.2, 0.25) is 5.02 Å². The number of thiophene rings is 1. The Morgan fingerprint density at radius 3 is 2.45 bits per heavy atom. The minimum atomic E-state index is -1.31. The molecule has 2 aromatic carbocycles. The van der Waals surface area contributed by atoms with Gasteiger partial charge in [0.1, 0.15) is 11.4 Å². The van der Waals surface area contributed by atoms with Crippen LogP contribution in [0.1, 0.15) is 29.9 Å². The molecule has 0 aliphatic heterocycles. The molecule has 2 heterocycles. The molecule has 0 radical (unpaired) electrons. The summed E-state index contributed by atoms with van der Waals surface area (Å²) in [6, 6.07) is 16.8. The van der Waals surface area contributed by atoms with Gasteiger partial charge in [0.2, 0.25) is 0 Å². The van der Waals surface area contributed by atoms with Crippen molar-refractivity contribution >= 4 is 28.9 Å². The molecule has 0 saturated heterocycles. The third-order valence-corrected chi connectivity index (χ3v) is 6.24. The van der Waals surface area contributed by atoms with Crippen molar-refractivity contribution in [2.24, 2.45) is 0 Å². The van der Waals surface area contributed by atoms with Crippen LogP contribution in [0, 0.1) is 5.82 Å². The van der Waals surface area contributed by atoms with Gasteiger partial charge in [-0.3, -0.25) is 0 Å². The maximum Gasteiger partial charge on any atom is 0.338 e. The van der Waals surface area contributed by atoms with Gasteiger partial charge in [-0.15, -0.1) is 11.3 Å². The second-order valence-corrected chi connectivity index (χ2v) is 8.99. The van der Waals surface area contributed by atoms with Gasteiger partial charge >= 0.3 is 5.97 Å². The van der Waals surface area contributed by atoms with E-state index >= 15 is 0 Å². The number of carboxylic acids is 1. The maximum atomic E-state index is 14.1. The quantitative estimate of drug-likeness (QED) is 0.387. The molecule has 2 aromatic heterocycles. The Bertz CT molecular complexity index is 1290. The van der Waals surface area contributed by atoms with Crippen LogP contribution in [0.4, 0.5) is 4.39 Å². The lowest BCUT2D eigenvalue weighted by Gasteiger charge is -2.13. The Kier molecular flexibility index (Phi) is 5.43. The Hall–Kier alpha value is -3.00. The minimum absolute atomic E-state index is 0.368. The Morgan fingerprint density at radius 1 is 1.10 bits per heavy atom. The molecule has 0 fully saturated rings. The van der Waals surface area contributed by atoms with Crippen LogP contribution in [0.25, 0.3) is 26.7 Å². The van der Waals surface area contributed by atoms with E-state index in [4.69, 9.17) is 16.7 Å². The molecule has 0 aliphatic rings. The standard InChI is InChI=1S/C23H18ClFN2O3S/c1-23(2,30)21-12-18(27(26-21)17-6-4-3-5-15(17)24)20-10-9-19(31-20)13-7-8-14(22(28)29)16(25)11-13/h3-12,30H,1-2H3,(H,28,29). The molecule has 4 aromatic rings. The summed E-state index contributed by atoms with van der Waals surface area (Å²) >= 11 is 7.79. The van der Waals surface area contributed by atoms with E-state index in [-0.39, 0.29) is 5.56 Å². The molecule has 5 nitrogen and oxygen atoms in total. The molecule has 4 rings (SSSR count). The van der Waals surface area contributed by atoms with Gasteiger partial charge < -0.3 is 10.2 Å². The molecular weight excluding hydrogens is 439 g/mol. The zero-order valence-electron chi connectivity index (χ0n) is 16.6. The molecule has 0 bridgehead atoms. The first kappa shape index (κ1) is 21.2. The Balaban J connectivity index is 1.82. The number of rotatable bonds is 5. The molecule has 2 N–H and O–H groups in total. The molecule has 0 amide bonds. The first-order chi connectivity index (χ1) is 14.6. The molecule has 158 valence electrons. The highest BCUT2D eigenvalue weighted by atomic mass is 35.5. The number of benzene rings is 2. The van der Waals surface area contributed by atoms with Crippen molar-refractivity contribution in [1.29, 1.82) is 0 Å². The molecular formula is C23H18ClFN2O3S. The normalized spacial score (nSPS) is 11.6.